The quantitative estimate of drug-likeness (QED) is 0.218. The maximum absolute atomic E-state index is 13.6. The largest absolute Gasteiger partial charge is 0.488 e. The average Bonchev–Trinajstić information content (AvgIpc) is 3.29. The van der Waals surface area contributed by atoms with Crippen molar-refractivity contribution >= 4 is 57.3 Å². The van der Waals surface area contributed by atoms with Crippen molar-refractivity contribution in [2.75, 3.05) is 5.32 Å². The lowest BCUT2D eigenvalue weighted by Gasteiger charge is -2.33. The highest BCUT2D eigenvalue weighted by molar-refractivity contribution is 7.16. The van der Waals surface area contributed by atoms with Crippen LogP contribution in [0.15, 0.2) is 77.8 Å². The zero-order valence-electron chi connectivity index (χ0n) is 22.8. The summed E-state index contributed by atoms with van der Waals surface area (Å²) in [6.07, 6.45) is 4.62. The summed E-state index contributed by atoms with van der Waals surface area (Å²) >= 11 is 14.1. The molecule has 0 fully saturated rings. The van der Waals surface area contributed by atoms with E-state index in [0.29, 0.717) is 38.9 Å². The van der Waals surface area contributed by atoms with E-state index >= 15 is 0 Å². The van der Waals surface area contributed by atoms with Crippen molar-refractivity contribution in [2.24, 2.45) is 16.3 Å². The lowest BCUT2D eigenvalue weighted by Crippen LogP contribution is -2.27. The van der Waals surface area contributed by atoms with Crippen LogP contribution in [0, 0.1) is 11.3 Å². The summed E-state index contributed by atoms with van der Waals surface area (Å²) in [7, 11) is 0. The van der Waals surface area contributed by atoms with Crippen molar-refractivity contribution in [1.82, 2.24) is 0 Å². The number of anilines is 1. The number of nitrogens with one attached hydrogen (secondary N) is 1. The van der Waals surface area contributed by atoms with E-state index < -0.39 is 0 Å². The number of nitrogens with zero attached hydrogens (tertiary/aromatic N) is 1. The van der Waals surface area contributed by atoms with Gasteiger partial charge in [0.1, 0.15) is 17.4 Å². The molecule has 0 aliphatic heterocycles. The summed E-state index contributed by atoms with van der Waals surface area (Å²) in [6.45, 7) is 7.24. The number of hydrogen-bond acceptors (Lipinski definition) is 4. The fourth-order valence-electron chi connectivity index (χ4n) is 5.02. The third kappa shape index (κ3) is 6.77. The summed E-state index contributed by atoms with van der Waals surface area (Å²) in [5.74, 6) is 1.08. The van der Waals surface area contributed by atoms with E-state index in [9.17, 15) is 4.79 Å². The van der Waals surface area contributed by atoms with Gasteiger partial charge in [-0.05, 0) is 84.2 Å². The minimum absolute atomic E-state index is 0.131. The van der Waals surface area contributed by atoms with E-state index in [1.165, 1.54) is 4.88 Å². The molecule has 0 unspecified atom stereocenters. The number of rotatable bonds is 7. The van der Waals surface area contributed by atoms with Gasteiger partial charge in [-0.1, -0.05) is 74.3 Å². The van der Waals surface area contributed by atoms with Crippen LogP contribution in [0.5, 0.6) is 5.75 Å². The average molecular weight is 592 g/mol. The Morgan fingerprint density at radius 2 is 1.82 bits per heavy atom. The summed E-state index contributed by atoms with van der Waals surface area (Å²) in [5.41, 5.74) is 4.45. The molecule has 4 aromatic rings. The predicted octanol–water partition coefficient (Wildman–Crippen LogP) is 9.79. The van der Waals surface area contributed by atoms with Crippen molar-refractivity contribution in [1.29, 1.82) is 0 Å². The topological polar surface area (TPSA) is 50.7 Å². The van der Waals surface area contributed by atoms with Gasteiger partial charge < -0.3 is 10.1 Å². The summed E-state index contributed by atoms with van der Waals surface area (Å²) in [6, 6.07) is 22.6. The Balaban J connectivity index is 1.47. The van der Waals surface area contributed by atoms with Crippen LogP contribution >= 0.6 is 34.5 Å². The zero-order valence-corrected chi connectivity index (χ0v) is 25.2. The number of halogens is 2. The van der Waals surface area contributed by atoms with E-state index in [1.54, 1.807) is 23.6 Å². The highest BCUT2D eigenvalue weighted by atomic mass is 35.5. The third-order valence-electron chi connectivity index (χ3n) is 7.31. The second-order valence-electron chi connectivity index (χ2n) is 11.2. The van der Waals surface area contributed by atoms with Gasteiger partial charge in [0.05, 0.1) is 5.56 Å². The molecule has 0 saturated heterocycles. The Morgan fingerprint density at radius 1 is 1.05 bits per heavy atom. The molecule has 0 bridgehead atoms. The van der Waals surface area contributed by atoms with Gasteiger partial charge in [-0.3, -0.25) is 4.79 Å². The van der Waals surface area contributed by atoms with Crippen LogP contribution in [0.1, 0.15) is 59.1 Å². The highest BCUT2D eigenvalue weighted by Gasteiger charge is 2.33. The number of hydrogen-bond donors (Lipinski definition) is 1. The lowest BCUT2D eigenvalue weighted by atomic mass is 9.72. The molecule has 1 aromatic heterocycles. The van der Waals surface area contributed by atoms with E-state index in [4.69, 9.17) is 32.9 Å². The molecule has 1 aliphatic rings. The number of amides is 1. The Bertz CT molecular complexity index is 1540. The molecule has 1 N–H and O–H groups in total. The van der Waals surface area contributed by atoms with Crippen LogP contribution in [0.25, 0.3) is 0 Å². The number of carbonyl (C=O) groups is 1. The molecule has 5 rings (SSSR count). The number of benzene rings is 3. The molecular formula is C33H32Cl2N2O2S. The van der Waals surface area contributed by atoms with E-state index in [2.05, 4.69) is 26.1 Å². The van der Waals surface area contributed by atoms with Crippen LogP contribution in [0.4, 0.5) is 10.7 Å². The SMILES string of the molecule is CC(C)(C)[C@@H]1CCc2c(sc(N=Cc3cc(Cl)ccc3OCc3cccc(Cl)c3)c2C(=O)Nc2ccccc2)C1. The molecule has 4 nitrogen and oxygen atoms in total. The first-order valence-corrected chi connectivity index (χ1v) is 15.0. The van der Waals surface area contributed by atoms with Crippen LogP contribution in [-0.2, 0) is 19.4 Å². The van der Waals surface area contributed by atoms with Crippen molar-refractivity contribution in [2.45, 2.75) is 46.6 Å². The lowest BCUT2D eigenvalue weighted by molar-refractivity contribution is 0.102. The molecular weight excluding hydrogens is 559 g/mol. The predicted molar refractivity (Wildman–Crippen MR) is 168 cm³/mol. The number of thiophene rings is 1. The maximum Gasteiger partial charge on any atom is 0.259 e. The first-order chi connectivity index (χ1) is 19.2. The number of ether oxygens (including phenoxy) is 1. The van der Waals surface area contributed by atoms with E-state index in [1.807, 2.05) is 66.7 Å². The number of aliphatic imine (C=N–C) groups is 1. The smallest absolute Gasteiger partial charge is 0.259 e. The van der Waals surface area contributed by atoms with Crippen LogP contribution in [0.3, 0.4) is 0 Å². The third-order valence-corrected chi connectivity index (χ3v) is 8.94. The van der Waals surface area contributed by atoms with Gasteiger partial charge >= 0.3 is 0 Å². The summed E-state index contributed by atoms with van der Waals surface area (Å²) < 4.78 is 6.13. The number of fused-ring (bicyclic) bond motifs is 1. The second kappa shape index (κ2) is 12.2. The molecule has 40 heavy (non-hydrogen) atoms. The minimum atomic E-state index is -0.131. The van der Waals surface area contributed by atoms with Crippen LogP contribution < -0.4 is 10.1 Å². The Kier molecular flexibility index (Phi) is 8.65. The Labute approximate surface area is 250 Å². The molecule has 1 amide bonds. The van der Waals surface area contributed by atoms with Gasteiger partial charge in [-0.15, -0.1) is 11.3 Å². The van der Waals surface area contributed by atoms with Crippen LogP contribution in [0.2, 0.25) is 10.0 Å². The maximum atomic E-state index is 13.6. The molecule has 1 heterocycles. The fraction of sp³-hybridized carbons (Fsp3) is 0.273. The molecule has 0 saturated carbocycles. The van der Waals surface area contributed by atoms with Crippen molar-refractivity contribution in [3.05, 3.63) is 110 Å². The second-order valence-corrected chi connectivity index (χ2v) is 13.1. The molecule has 206 valence electrons. The van der Waals surface area contributed by atoms with Gasteiger partial charge in [-0.2, -0.15) is 0 Å². The molecule has 0 radical (unpaired) electrons. The van der Waals surface area contributed by atoms with Gasteiger partial charge in [0.2, 0.25) is 0 Å². The van der Waals surface area contributed by atoms with Crippen molar-refractivity contribution in [3.63, 3.8) is 0 Å². The highest BCUT2D eigenvalue weighted by Crippen LogP contribution is 2.45. The molecule has 0 spiro atoms. The minimum Gasteiger partial charge on any atom is -0.488 e. The first kappa shape index (κ1) is 28.4. The summed E-state index contributed by atoms with van der Waals surface area (Å²) in [4.78, 5) is 19.8. The van der Waals surface area contributed by atoms with Gasteiger partial charge in [0, 0.05) is 32.4 Å². The number of carbonyl (C=O) groups excluding carboxylic acids is 1. The molecule has 1 atom stereocenters. The van der Waals surface area contributed by atoms with Crippen molar-refractivity contribution < 1.29 is 9.53 Å². The standard InChI is InChI=1S/C33H32Cl2N2O2S/c1-33(2,3)23-12-14-27-29(18-23)40-32(30(27)31(38)37-26-10-5-4-6-11-26)36-19-22-17-25(35)13-15-28(22)39-20-21-8-7-9-24(34)16-21/h4-11,13,15-17,19,23H,12,14,18,20H2,1-3H3,(H,37,38)/t23-/m1/s1. The summed E-state index contributed by atoms with van der Waals surface area (Å²) in [5, 5.41) is 5.02. The molecule has 1 aliphatic carbocycles. The Hall–Kier alpha value is -3.12. The van der Waals surface area contributed by atoms with E-state index in [0.717, 1.165) is 41.6 Å². The van der Waals surface area contributed by atoms with Gasteiger partial charge in [0.15, 0.2) is 0 Å². The zero-order chi connectivity index (χ0) is 28.3. The van der Waals surface area contributed by atoms with Gasteiger partial charge in [0.25, 0.3) is 5.91 Å². The normalized spacial score (nSPS) is 15.2. The van der Waals surface area contributed by atoms with Gasteiger partial charge in [-0.25, -0.2) is 4.99 Å². The van der Waals surface area contributed by atoms with E-state index in [-0.39, 0.29) is 11.3 Å². The monoisotopic (exact) mass is 590 g/mol. The number of para-hydroxylation sites is 1. The Morgan fingerprint density at radius 3 is 2.58 bits per heavy atom. The molecule has 7 heteroatoms. The first-order valence-electron chi connectivity index (χ1n) is 13.4. The fourth-order valence-corrected chi connectivity index (χ4v) is 6.68. The van der Waals surface area contributed by atoms with Crippen molar-refractivity contribution in [3.8, 4) is 5.75 Å². The van der Waals surface area contributed by atoms with Crippen LogP contribution in [-0.4, -0.2) is 12.1 Å². The molecule has 3 aromatic carbocycles.